The SMILES string of the molecule is CC(C)(C)NS(=O)(=O)c1ccc(C(=O)NCCCO)cc1. The maximum atomic E-state index is 12.1. The summed E-state index contributed by atoms with van der Waals surface area (Å²) in [4.78, 5) is 11.9. The van der Waals surface area contributed by atoms with Gasteiger partial charge in [0.15, 0.2) is 0 Å². The Morgan fingerprint density at radius 1 is 1.19 bits per heavy atom. The summed E-state index contributed by atoms with van der Waals surface area (Å²) in [7, 11) is -3.60. The van der Waals surface area contributed by atoms with E-state index in [4.69, 9.17) is 5.11 Å². The number of nitrogens with one attached hydrogen (secondary N) is 2. The molecule has 0 aliphatic rings. The van der Waals surface area contributed by atoms with Gasteiger partial charge in [0.2, 0.25) is 10.0 Å². The minimum atomic E-state index is -3.60. The van der Waals surface area contributed by atoms with Gasteiger partial charge in [-0.15, -0.1) is 0 Å². The van der Waals surface area contributed by atoms with Gasteiger partial charge in [0.25, 0.3) is 5.91 Å². The molecule has 0 heterocycles. The highest BCUT2D eigenvalue weighted by atomic mass is 32.2. The molecule has 21 heavy (non-hydrogen) atoms. The molecule has 1 aromatic carbocycles. The predicted octanol–water partition coefficient (Wildman–Crippen LogP) is 0.876. The van der Waals surface area contributed by atoms with Crippen LogP contribution in [0.5, 0.6) is 0 Å². The van der Waals surface area contributed by atoms with Crippen molar-refractivity contribution >= 4 is 15.9 Å². The zero-order valence-corrected chi connectivity index (χ0v) is 13.3. The van der Waals surface area contributed by atoms with Crippen molar-refractivity contribution in [1.82, 2.24) is 10.0 Å². The molecule has 1 rings (SSSR count). The average Bonchev–Trinajstić information content (AvgIpc) is 2.36. The molecule has 0 spiro atoms. The maximum Gasteiger partial charge on any atom is 0.251 e. The molecule has 118 valence electrons. The molecule has 0 aliphatic heterocycles. The van der Waals surface area contributed by atoms with Gasteiger partial charge in [-0.2, -0.15) is 0 Å². The molecule has 0 radical (unpaired) electrons. The minimum Gasteiger partial charge on any atom is -0.396 e. The van der Waals surface area contributed by atoms with E-state index in [-0.39, 0.29) is 17.4 Å². The summed E-state index contributed by atoms with van der Waals surface area (Å²) in [5.41, 5.74) is -0.193. The predicted molar refractivity (Wildman–Crippen MR) is 80.6 cm³/mol. The Kier molecular flexibility index (Phi) is 5.88. The number of benzene rings is 1. The van der Waals surface area contributed by atoms with Crippen LogP contribution in [-0.4, -0.2) is 38.1 Å². The highest BCUT2D eigenvalue weighted by Crippen LogP contribution is 2.13. The second-order valence-corrected chi connectivity index (χ2v) is 7.40. The van der Waals surface area contributed by atoms with Crippen LogP contribution in [-0.2, 0) is 10.0 Å². The van der Waals surface area contributed by atoms with Crippen molar-refractivity contribution < 1.29 is 18.3 Å². The van der Waals surface area contributed by atoms with Crippen molar-refractivity contribution in [1.29, 1.82) is 0 Å². The van der Waals surface area contributed by atoms with Crippen LogP contribution >= 0.6 is 0 Å². The number of hydrogen-bond acceptors (Lipinski definition) is 4. The topological polar surface area (TPSA) is 95.5 Å². The summed E-state index contributed by atoms with van der Waals surface area (Å²) in [5, 5.41) is 11.3. The number of sulfonamides is 1. The Morgan fingerprint density at radius 3 is 2.24 bits per heavy atom. The van der Waals surface area contributed by atoms with Gasteiger partial charge >= 0.3 is 0 Å². The molecule has 6 nitrogen and oxygen atoms in total. The molecule has 0 atom stereocenters. The highest BCUT2D eigenvalue weighted by molar-refractivity contribution is 7.89. The van der Waals surface area contributed by atoms with Gasteiger partial charge in [0, 0.05) is 24.3 Å². The van der Waals surface area contributed by atoms with Crippen molar-refractivity contribution in [3.63, 3.8) is 0 Å². The van der Waals surface area contributed by atoms with E-state index in [1.807, 2.05) is 0 Å². The van der Waals surface area contributed by atoms with E-state index in [1.54, 1.807) is 20.8 Å². The third-order valence-electron chi connectivity index (χ3n) is 2.49. The van der Waals surface area contributed by atoms with E-state index in [1.165, 1.54) is 24.3 Å². The lowest BCUT2D eigenvalue weighted by Crippen LogP contribution is -2.40. The Hall–Kier alpha value is -1.44. The van der Waals surface area contributed by atoms with E-state index in [2.05, 4.69) is 10.0 Å². The summed E-state index contributed by atoms with van der Waals surface area (Å²) in [6.07, 6.45) is 0.480. The lowest BCUT2D eigenvalue weighted by Gasteiger charge is -2.20. The second kappa shape index (κ2) is 7.02. The third kappa shape index (κ3) is 5.82. The van der Waals surface area contributed by atoms with Crippen LogP contribution in [0.1, 0.15) is 37.6 Å². The molecule has 7 heteroatoms. The Morgan fingerprint density at radius 2 is 1.76 bits per heavy atom. The molecule has 1 aromatic rings. The van der Waals surface area contributed by atoms with E-state index in [0.29, 0.717) is 18.5 Å². The molecule has 0 unspecified atom stereocenters. The fourth-order valence-electron chi connectivity index (χ4n) is 1.63. The number of aliphatic hydroxyl groups excluding tert-OH is 1. The molecule has 0 saturated carbocycles. The summed E-state index contributed by atoms with van der Waals surface area (Å²) < 4.78 is 26.7. The molecule has 3 N–H and O–H groups in total. The first-order valence-electron chi connectivity index (χ1n) is 6.69. The van der Waals surface area contributed by atoms with E-state index in [0.717, 1.165) is 0 Å². The first-order valence-corrected chi connectivity index (χ1v) is 8.17. The van der Waals surface area contributed by atoms with Crippen LogP contribution in [0, 0.1) is 0 Å². The number of rotatable bonds is 6. The number of carbonyl (C=O) groups is 1. The molecule has 0 aromatic heterocycles. The Balaban J connectivity index is 2.80. The molecule has 0 bridgehead atoms. The third-order valence-corrected chi connectivity index (χ3v) is 4.26. The lowest BCUT2D eigenvalue weighted by atomic mass is 10.1. The first kappa shape index (κ1) is 17.6. The number of aliphatic hydroxyl groups is 1. The number of amides is 1. The van der Waals surface area contributed by atoms with Gasteiger partial charge in [0.1, 0.15) is 0 Å². The molecule has 1 amide bonds. The van der Waals surface area contributed by atoms with Crippen molar-refractivity contribution in [2.24, 2.45) is 0 Å². The van der Waals surface area contributed by atoms with Gasteiger partial charge < -0.3 is 10.4 Å². The van der Waals surface area contributed by atoms with Gasteiger partial charge in [-0.25, -0.2) is 13.1 Å². The Bertz CT molecular complexity index is 574. The smallest absolute Gasteiger partial charge is 0.251 e. The van der Waals surface area contributed by atoms with Gasteiger partial charge in [-0.05, 0) is 51.5 Å². The fraction of sp³-hybridized carbons (Fsp3) is 0.500. The molecule has 0 aliphatic carbocycles. The molecule has 0 fully saturated rings. The lowest BCUT2D eigenvalue weighted by molar-refractivity contribution is 0.0951. The van der Waals surface area contributed by atoms with Crippen molar-refractivity contribution in [3.05, 3.63) is 29.8 Å². The Labute approximate surface area is 125 Å². The normalized spacial score (nSPS) is 12.2. The standard InChI is InChI=1S/C14H22N2O4S/c1-14(2,3)16-21(19,20)12-7-5-11(6-8-12)13(18)15-9-4-10-17/h5-8,16-17H,4,9-10H2,1-3H3,(H,15,18). The molecular weight excluding hydrogens is 292 g/mol. The van der Waals surface area contributed by atoms with Crippen LogP contribution in [0.2, 0.25) is 0 Å². The van der Waals surface area contributed by atoms with Crippen LogP contribution in [0.4, 0.5) is 0 Å². The van der Waals surface area contributed by atoms with Crippen LogP contribution < -0.4 is 10.0 Å². The first-order chi connectivity index (χ1) is 9.65. The highest BCUT2D eigenvalue weighted by Gasteiger charge is 2.22. The van der Waals surface area contributed by atoms with E-state index < -0.39 is 15.6 Å². The summed E-state index contributed by atoms with van der Waals surface area (Å²) in [5.74, 6) is -0.295. The van der Waals surface area contributed by atoms with Gasteiger partial charge in [-0.1, -0.05) is 0 Å². The van der Waals surface area contributed by atoms with Gasteiger partial charge in [-0.3, -0.25) is 4.79 Å². The van der Waals surface area contributed by atoms with Crippen molar-refractivity contribution in [3.8, 4) is 0 Å². The van der Waals surface area contributed by atoms with Gasteiger partial charge in [0.05, 0.1) is 4.90 Å². The summed E-state index contributed by atoms with van der Waals surface area (Å²) in [6.45, 7) is 5.66. The average molecular weight is 314 g/mol. The van der Waals surface area contributed by atoms with Crippen LogP contribution in [0.15, 0.2) is 29.2 Å². The minimum absolute atomic E-state index is 0.00986. The number of carbonyl (C=O) groups excluding carboxylic acids is 1. The quantitative estimate of drug-likeness (QED) is 0.679. The molecular formula is C14H22N2O4S. The van der Waals surface area contributed by atoms with Crippen molar-refractivity contribution in [2.75, 3.05) is 13.2 Å². The monoisotopic (exact) mass is 314 g/mol. The molecule has 0 saturated heterocycles. The zero-order valence-electron chi connectivity index (χ0n) is 12.5. The maximum absolute atomic E-state index is 12.1. The van der Waals surface area contributed by atoms with E-state index >= 15 is 0 Å². The van der Waals surface area contributed by atoms with Crippen LogP contribution in [0.3, 0.4) is 0 Å². The zero-order chi connectivity index (χ0) is 16.1. The van der Waals surface area contributed by atoms with Crippen LogP contribution in [0.25, 0.3) is 0 Å². The number of hydrogen-bond donors (Lipinski definition) is 3. The second-order valence-electron chi connectivity index (χ2n) is 5.71. The summed E-state index contributed by atoms with van der Waals surface area (Å²) in [6, 6.07) is 5.72. The fourth-order valence-corrected chi connectivity index (χ4v) is 3.05. The largest absolute Gasteiger partial charge is 0.396 e. The van der Waals surface area contributed by atoms with Crippen molar-refractivity contribution in [2.45, 2.75) is 37.6 Å². The summed E-state index contributed by atoms with van der Waals surface area (Å²) >= 11 is 0. The van der Waals surface area contributed by atoms with E-state index in [9.17, 15) is 13.2 Å².